The van der Waals surface area contributed by atoms with Gasteiger partial charge in [0.15, 0.2) is 0 Å². The van der Waals surface area contributed by atoms with Crippen molar-refractivity contribution >= 4 is 0 Å². The molecule has 0 aliphatic heterocycles. The van der Waals surface area contributed by atoms with Crippen LogP contribution in [0.4, 0.5) is 0 Å². The van der Waals surface area contributed by atoms with Crippen molar-refractivity contribution in [2.24, 2.45) is 7.05 Å². The highest BCUT2D eigenvalue weighted by atomic mass is 15.3. The summed E-state index contributed by atoms with van der Waals surface area (Å²) in [5.74, 6) is 0.755. The Morgan fingerprint density at radius 2 is 2.08 bits per heavy atom. The lowest BCUT2D eigenvalue weighted by atomic mass is 10.0. The van der Waals surface area contributed by atoms with Gasteiger partial charge in [-0.1, -0.05) is 12.8 Å². The maximum atomic E-state index is 4.51. The fourth-order valence-corrected chi connectivity index (χ4v) is 2.01. The lowest BCUT2D eigenvalue weighted by Gasteiger charge is -2.02. The van der Waals surface area contributed by atoms with Crippen LogP contribution in [0.3, 0.4) is 0 Å². The average Bonchev–Trinajstić information content (AvgIpc) is 2.61. The predicted octanol–water partition coefficient (Wildman–Crippen LogP) is 2.39. The Kier molecular flexibility index (Phi) is 1.91. The second kappa shape index (κ2) is 2.92. The highest BCUT2D eigenvalue weighted by Crippen LogP contribution is 2.33. The molecule has 0 N–H and O–H groups in total. The van der Waals surface area contributed by atoms with E-state index in [1.807, 2.05) is 11.7 Å². The van der Waals surface area contributed by atoms with Crippen LogP contribution >= 0.6 is 0 Å². The topological polar surface area (TPSA) is 17.8 Å². The van der Waals surface area contributed by atoms with Gasteiger partial charge in [0, 0.05) is 18.7 Å². The zero-order chi connectivity index (χ0) is 8.55. The maximum absolute atomic E-state index is 4.51. The van der Waals surface area contributed by atoms with E-state index in [1.165, 1.54) is 37.1 Å². The Hall–Kier alpha value is -0.790. The van der Waals surface area contributed by atoms with E-state index in [2.05, 4.69) is 18.1 Å². The number of nitrogens with zero attached hydrogens (tertiary/aromatic N) is 2. The maximum Gasteiger partial charge on any atom is 0.0658 e. The molecule has 66 valence electrons. The molecule has 1 aromatic heterocycles. The van der Waals surface area contributed by atoms with Gasteiger partial charge in [-0.2, -0.15) is 5.10 Å². The minimum atomic E-state index is 0.755. The normalized spacial score (nSPS) is 18.8. The lowest BCUT2D eigenvalue weighted by molar-refractivity contribution is 0.652. The summed E-state index contributed by atoms with van der Waals surface area (Å²) in [6.07, 6.45) is 5.47. The lowest BCUT2D eigenvalue weighted by Crippen LogP contribution is -1.96. The van der Waals surface area contributed by atoms with Gasteiger partial charge in [0.2, 0.25) is 0 Å². The van der Waals surface area contributed by atoms with Crippen LogP contribution in [0.1, 0.15) is 43.0 Å². The standard InChI is InChI=1S/C10H16N2/c1-8-7-10(11-12(8)2)9-5-3-4-6-9/h7,9H,3-6H2,1-2H3. The molecule has 1 heterocycles. The second-order valence-electron chi connectivity index (χ2n) is 3.82. The van der Waals surface area contributed by atoms with Gasteiger partial charge < -0.3 is 0 Å². The van der Waals surface area contributed by atoms with Crippen molar-refractivity contribution < 1.29 is 0 Å². The van der Waals surface area contributed by atoms with E-state index in [1.54, 1.807) is 0 Å². The van der Waals surface area contributed by atoms with E-state index in [0.29, 0.717) is 0 Å². The Morgan fingerprint density at radius 1 is 1.42 bits per heavy atom. The fraction of sp³-hybridized carbons (Fsp3) is 0.700. The summed E-state index contributed by atoms with van der Waals surface area (Å²) in [4.78, 5) is 0. The zero-order valence-electron chi connectivity index (χ0n) is 7.88. The van der Waals surface area contributed by atoms with E-state index in [4.69, 9.17) is 0 Å². The summed E-state index contributed by atoms with van der Waals surface area (Å²) in [6, 6.07) is 2.23. The molecular weight excluding hydrogens is 148 g/mol. The number of aromatic nitrogens is 2. The summed E-state index contributed by atoms with van der Waals surface area (Å²) in [6.45, 7) is 2.12. The van der Waals surface area contributed by atoms with Crippen molar-refractivity contribution in [3.63, 3.8) is 0 Å². The molecule has 0 spiro atoms. The molecule has 0 amide bonds. The van der Waals surface area contributed by atoms with Crippen molar-refractivity contribution in [1.29, 1.82) is 0 Å². The minimum Gasteiger partial charge on any atom is -0.273 e. The number of hydrogen-bond donors (Lipinski definition) is 0. The Morgan fingerprint density at radius 3 is 2.58 bits per heavy atom. The molecule has 0 bridgehead atoms. The number of aryl methyl sites for hydroxylation is 2. The fourth-order valence-electron chi connectivity index (χ4n) is 2.01. The molecule has 2 rings (SSSR count). The minimum absolute atomic E-state index is 0.755. The van der Waals surface area contributed by atoms with Crippen LogP contribution in [0.5, 0.6) is 0 Å². The monoisotopic (exact) mass is 164 g/mol. The Labute approximate surface area is 73.6 Å². The van der Waals surface area contributed by atoms with Gasteiger partial charge in [0.1, 0.15) is 0 Å². The first-order chi connectivity index (χ1) is 5.77. The third-order valence-electron chi connectivity index (χ3n) is 2.91. The third kappa shape index (κ3) is 1.26. The molecule has 1 saturated carbocycles. The van der Waals surface area contributed by atoms with Gasteiger partial charge in [0.25, 0.3) is 0 Å². The molecule has 0 saturated heterocycles. The van der Waals surface area contributed by atoms with Crippen LogP contribution in [-0.4, -0.2) is 9.78 Å². The van der Waals surface area contributed by atoms with Crippen LogP contribution in [0.15, 0.2) is 6.07 Å². The van der Waals surface area contributed by atoms with Gasteiger partial charge in [-0.05, 0) is 25.8 Å². The van der Waals surface area contributed by atoms with E-state index in [-0.39, 0.29) is 0 Å². The molecule has 0 unspecified atom stereocenters. The van der Waals surface area contributed by atoms with Crippen molar-refractivity contribution in [2.75, 3.05) is 0 Å². The zero-order valence-corrected chi connectivity index (χ0v) is 7.88. The number of rotatable bonds is 1. The first-order valence-corrected chi connectivity index (χ1v) is 4.78. The van der Waals surface area contributed by atoms with Crippen molar-refractivity contribution in [2.45, 2.75) is 38.5 Å². The Balaban J connectivity index is 2.21. The highest BCUT2D eigenvalue weighted by Gasteiger charge is 2.19. The van der Waals surface area contributed by atoms with Gasteiger partial charge in [-0.3, -0.25) is 4.68 Å². The van der Waals surface area contributed by atoms with Crippen molar-refractivity contribution in [3.05, 3.63) is 17.5 Å². The van der Waals surface area contributed by atoms with Gasteiger partial charge in [0.05, 0.1) is 5.69 Å². The van der Waals surface area contributed by atoms with Crippen molar-refractivity contribution in [1.82, 2.24) is 9.78 Å². The molecule has 12 heavy (non-hydrogen) atoms. The van der Waals surface area contributed by atoms with Crippen LogP contribution in [0.2, 0.25) is 0 Å². The molecule has 0 radical (unpaired) electrons. The largest absolute Gasteiger partial charge is 0.273 e. The molecule has 0 atom stereocenters. The molecule has 1 aliphatic rings. The first-order valence-electron chi connectivity index (χ1n) is 4.78. The van der Waals surface area contributed by atoms with E-state index in [9.17, 15) is 0 Å². The smallest absolute Gasteiger partial charge is 0.0658 e. The quantitative estimate of drug-likeness (QED) is 0.623. The van der Waals surface area contributed by atoms with Crippen LogP contribution in [-0.2, 0) is 7.05 Å². The molecule has 2 heteroatoms. The predicted molar refractivity (Wildman–Crippen MR) is 49.2 cm³/mol. The molecule has 0 aromatic carbocycles. The summed E-state index contributed by atoms with van der Waals surface area (Å²) >= 11 is 0. The van der Waals surface area contributed by atoms with E-state index < -0.39 is 0 Å². The summed E-state index contributed by atoms with van der Waals surface area (Å²) in [5, 5.41) is 4.51. The molecular formula is C10H16N2. The first kappa shape index (κ1) is 7.84. The van der Waals surface area contributed by atoms with Gasteiger partial charge >= 0.3 is 0 Å². The summed E-state index contributed by atoms with van der Waals surface area (Å²) in [5.41, 5.74) is 2.59. The summed E-state index contributed by atoms with van der Waals surface area (Å²) in [7, 11) is 2.02. The van der Waals surface area contributed by atoms with Crippen LogP contribution < -0.4 is 0 Å². The van der Waals surface area contributed by atoms with Gasteiger partial charge in [-0.15, -0.1) is 0 Å². The SMILES string of the molecule is Cc1cc(C2CCCC2)nn1C. The molecule has 2 nitrogen and oxygen atoms in total. The molecule has 1 aliphatic carbocycles. The highest BCUT2D eigenvalue weighted by molar-refractivity contribution is 5.14. The summed E-state index contributed by atoms with van der Waals surface area (Å²) < 4.78 is 1.98. The van der Waals surface area contributed by atoms with Crippen molar-refractivity contribution in [3.8, 4) is 0 Å². The number of hydrogen-bond acceptors (Lipinski definition) is 1. The molecule has 1 aromatic rings. The molecule has 1 fully saturated rings. The van der Waals surface area contributed by atoms with E-state index in [0.717, 1.165) is 5.92 Å². The van der Waals surface area contributed by atoms with Crippen LogP contribution in [0, 0.1) is 6.92 Å². The second-order valence-corrected chi connectivity index (χ2v) is 3.82. The average molecular weight is 164 g/mol. The van der Waals surface area contributed by atoms with Gasteiger partial charge in [-0.25, -0.2) is 0 Å². The third-order valence-corrected chi connectivity index (χ3v) is 2.91. The Bertz CT molecular complexity index is 250. The van der Waals surface area contributed by atoms with E-state index >= 15 is 0 Å². The van der Waals surface area contributed by atoms with Crippen LogP contribution in [0.25, 0.3) is 0 Å².